The van der Waals surface area contributed by atoms with Gasteiger partial charge in [0, 0.05) is 12.5 Å². The number of rotatable bonds is 2. The van der Waals surface area contributed by atoms with E-state index in [-0.39, 0.29) is 23.7 Å². The van der Waals surface area contributed by atoms with Gasteiger partial charge in [0.1, 0.15) is 0 Å². The van der Waals surface area contributed by atoms with Crippen LogP contribution in [0.1, 0.15) is 6.42 Å². The lowest BCUT2D eigenvalue weighted by atomic mass is 10.4. The molecule has 12 heavy (non-hydrogen) atoms. The smallest absolute Gasteiger partial charge is 0.335 e. The van der Waals surface area contributed by atoms with Gasteiger partial charge < -0.3 is 14.9 Å². The van der Waals surface area contributed by atoms with E-state index in [9.17, 15) is 4.79 Å². The molecule has 0 unspecified atom stereocenters. The van der Waals surface area contributed by atoms with Crippen molar-refractivity contribution < 1.29 is 19.7 Å². The zero-order valence-electron chi connectivity index (χ0n) is 6.28. The molecule has 0 spiro atoms. The lowest BCUT2D eigenvalue weighted by Gasteiger charge is -2.01. The van der Waals surface area contributed by atoms with Crippen molar-refractivity contribution in [3.8, 4) is 0 Å². The molecule has 0 saturated carbocycles. The van der Waals surface area contributed by atoms with Crippen LogP contribution in [0.2, 0.25) is 0 Å². The number of aliphatic hydroxyl groups excluding tert-OH is 2. The van der Waals surface area contributed by atoms with E-state index in [4.69, 9.17) is 10.2 Å². The minimum absolute atomic E-state index is 0.0531. The van der Waals surface area contributed by atoms with Crippen LogP contribution in [0.4, 0.5) is 0 Å². The van der Waals surface area contributed by atoms with Crippen molar-refractivity contribution in [2.45, 2.75) is 6.42 Å². The summed E-state index contributed by atoms with van der Waals surface area (Å²) in [6.45, 7) is 3.19. The fourth-order valence-electron chi connectivity index (χ4n) is 0.779. The first kappa shape index (κ1) is 8.39. The normalized spacial score (nSPS) is 15.8. The average molecular weight is 168 g/mol. The Labute approximate surface area is 69.1 Å². The molecule has 64 valence electrons. The van der Waals surface area contributed by atoms with Crippen molar-refractivity contribution in [2.75, 3.05) is 0 Å². The molecule has 0 radical (unpaired) electrons. The Balaban J connectivity index is 2.68. The van der Waals surface area contributed by atoms with Crippen LogP contribution in [-0.4, -0.2) is 16.2 Å². The molecule has 1 rings (SSSR count). The van der Waals surface area contributed by atoms with Gasteiger partial charge in [-0.25, -0.2) is 4.79 Å². The minimum Gasteiger partial charge on any atom is -0.504 e. The number of carbonyl (C=O) groups is 1. The zero-order valence-corrected chi connectivity index (χ0v) is 6.28. The first-order valence-electron chi connectivity index (χ1n) is 3.31. The Morgan fingerprint density at radius 2 is 2.33 bits per heavy atom. The average Bonchev–Trinajstić information content (AvgIpc) is 2.36. The monoisotopic (exact) mass is 168 g/mol. The van der Waals surface area contributed by atoms with Crippen molar-refractivity contribution >= 4 is 5.97 Å². The van der Waals surface area contributed by atoms with Crippen LogP contribution < -0.4 is 0 Å². The van der Waals surface area contributed by atoms with Gasteiger partial charge in [0.2, 0.25) is 0 Å². The van der Waals surface area contributed by atoms with Crippen LogP contribution in [0, 0.1) is 0 Å². The van der Waals surface area contributed by atoms with Gasteiger partial charge in [-0.05, 0) is 6.08 Å². The van der Waals surface area contributed by atoms with Crippen LogP contribution in [0.5, 0.6) is 0 Å². The number of esters is 1. The number of hydrogen-bond acceptors (Lipinski definition) is 4. The van der Waals surface area contributed by atoms with Gasteiger partial charge in [-0.3, -0.25) is 0 Å². The van der Waals surface area contributed by atoms with E-state index >= 15 is 0 Å². The molecule has 0 saturated heterocycles. The molecule has 1 aliphatic rings. The van der Waals surface area contributed by atoms with E-state index in [0.717, 1.165) is 6.08 Å². The standard InChI is InChI=1S/C8H8O4/c1-2-7(10)12-6-4-3-5(9)8(6)11/h2-3,9,11H,1,4H2. The maximum absolute atomic E-state index is 10.6. The van der Waals surface area contributed by atoms with Crippen molar-refractivity contribution in [1.82, 2.24) is 0 Å². The molecule has 1 aliphatic carbocycles. The molecule has 2 N–H and O–H groups in total. The first-order chi connectivity index (χ1) is 5.65. The number of carbonyl (C=O) groups excluding carboxylic acids is 1. The third-order valence-corrected chi connectivity index (χ3v) is 1.38. The third kappa shape index (κ3) is 1.47. The fraction of sp³-hybridized carbons (Fsp3) is 0.125. The molecule has 0 fully saturated rings. The van der Waals surface area contributed by atoms with E-state index in [1.165, 1.54) is 6.08 Å². The van der Waals surface area contributed by atoms with Crippen LogP contribution in [-0.2, 0) is 9.53 Å². The molecule has 0 bridgehead atoms. The van der Waals surface area contributed by atoms with Crippen molar-refractivity contribution in [1.29, 1.82) is 0 Å². The molecule has 0 atom stereocenters. The van der Waals surface area contributed by atoms with E-state index in [2.05, 4.69) is 11.3 Å². The predicted octanol–water partition coefficient (Wildman–Crippen LogP) is 1.33. The number of hydrogen-bond donors (Lipinski definition) is 2. The Morgan fingerprint density at radius 1 is 1.67 bits per heavy atom. The van der Waals surface area contributed by atoms with E-state index in [1.807, 2.05) is 0 Å². The Bertz CT molecular complexity index is 285. The Morgan fingerprint density at radius 3 is 2.75 bits per heavy atom. The topological polar surface area (TPSA) is 66.8 Å². The predicted molar refractivity (Wildman–Crippen MR) is 41.3 cm³/mol. The quantitative estimate of drug-likeness (QED) is 0.482. The molecule has 0 heterocycles. The van der Waals surface area contributed by atoms with Crippen molar-refractivity contribution in [3.63, 3.8) is 0 Å². The van der Waals surface area contributed by atoms with E-state index < -0.39 is 5.97 Å². The maximum atomic E-state index is 10.6. The second kappa shape index (κ2) is 3.13. The Kier molecular flexibility index (Phi) is 2.19. The van der Waals surface area contributed by atoms with Gasteiger partial charge in [-0.2, -0.15) is 0 Å². The summed E-state index contributed by atoms with van der Waals surface area (Å²) in [6, 6.07) is 0. The molecule has 0 aromatic rings. The van der Waals surface area contributed by atoms with Gasteiger partial charge in [0.25, 0.3) is 0 Å². The van der Waals surface area contributed by atoms with Gasteiger partial charge in [0.05, 0.1) is 0 Å². The fourth-order valence-corrected chi connectivity index (χ4v) is 0.779. The number of allylic oxidation sites excluding steroid dienone is 1. The van der Waals surface area contributed by atoms with Crippen LogP contribution in [0.25, 0.3) is 0 Å². The van der Waals surface area contributed by atoms with Gasteiger partial charge in [-0.15, -0.1) is 0 Å². The minimum atomic E-state index is -0.653. The molecule has 0 aliphatic heterocycles. The Hall–Kier alpha value is -1.71. The number of ether oxygens (including phenoxy) is 1. The van der Waals surface area contributed by atoms with Gasteiger partial charge >= 0.3 is 5.97 Å². The third-order valence-electron chi connectivity index (χ3n) is 1.38. The summed E-state index contributed by atoms with van der Waals surface area (Å²) in [5.74, 6) is -1.25. The SMILES string of the molecule is C=CC(=O)OC1=C(O)C(O)=CC1. The van der Waals surface area contributed by atoms with Gasteiger partial charge in [0.15, 0.2) is 17.3 Å². The molecular weight excluding hydrogens is 160 g/mol. The number of aliphatic hydroxyl groups is 2. The second-order valence-corrected chi connectivity index (χ2v) is 2.19. The summed E-state index contributed by atoms with van der Waals surface area (Å²) >= 11 is 0. The second-order valence-electron chi connectivity index (χ2n) is 2.19. The molecular formula is C8H8O4. The van der Waals surface area contributed by atoms with Gasteiger partial charge in [-0.1, -0.05) is 6.58 Å². The molecule has 0 amide bonds. The van der Waals surface area contributed by atoms with Crippen LogP contribution >= 0.6 is 0 Å². The van der Waals surface area contributed by atoms with Crippen molar-refractivity contribution in [3.05, 3.63) is 36.0 Å². The lowest BCUT2D eigenvalue weighted by Crippen LogP contribution is -2.00. The highest BCUT2D eigenvalue weighted by atomic mass is 16.5. The maximum Gasteiger partial charge on any atom is 0.335 e. The molecule has 0 aromatic heterocycles. The van der Waals surface area contributed by atoms with E-state index in [1.54, 1.807) is 0 Å². The first-order valence-corrected chi connectivity index (χ1v) is 3.31. The van der Waals surface area contributed by atoms with E-state index in [0.29, 0.717) is 0 Å². The highest BCUT2D eigenvalue weighted by Gasteiger charge is 2.18. The van der Waals surface area contributed by atoms with Crippen LogP contribution in [0.15, 0.2) is 36.0 Å². The molecule has 4 nitrogen and oxygen atoms in total. The molecule has 4 heteroatoms. The lowest BCUT2D eigenvalue weighted by molar-refractivity contribution is -0.134. The summed E-state index contributed by atoms with van der Waals surface area (Å²) in [5, 5.41) is 17.9. The van der Waals surface area contributed by atoms with Crippen LogP contribution in [0.3, 0.4) is 0 Å². The highest BCUT2D eigenvalue weighted by Crippen LogP contribution is 2.22. The van der Waals surface area contributed by atoms with Crippen molar-refractivity contribution in [2.24, 2.45) is 0 Å². The summed E-state index contributed by atoms with van der Waals surface area (Å²) in [7, 11) is 0. The summed E-state index contributed by atoms with van der Waals surface area (Å²) in [6.07, 6.45) is 2.55. The molecule has 0 aromatic carbocycles. The summed E-state index contributed by atoms with van der Waals surface area (Å²) in [4.78, 5) is 10.6. The largest absolute Gasteiger partial charge is 0.504 e. The zero-order chi connectivity index (χ0) is 9.14. The highest BCUT2D eigenvalue weighted by molar-refractivity contribution is 5.82. The summed E-state index contributed by atoms with van der Waals surface area (Å²) < 4.78 is 4.60. The summed E-state index contributed by atoms with van der Waals surface area (Å²) in [5.41, 5.74) is 0.